The number of benzene rings is 1. The molecule has 0 fully saturated rings. The molecule has 0 saturated heterocycles. The Labute approximate surface area is 132 Å². The van der Waals surface area contributed by atoms with Gasteiger partial charge in [-0.05, 0) is 11.6 Å². The monoisotopic (exact) mass is 311 g/mol. The Morgan fingerprint density at radius 1 is 1.22 bits per heavy atom. The second-order valence-corrected chi connectivity index (χ2v) is 5.57. The van der Waals surface area contributed by atoms with E-state index >= 15 is 0 Å². The van der Waals surface area contributed by atoms with Crippen LogP contribution in [0.4, 0.5) is 5.69 Å². The topological polar surface area (TPSA) is 91.1 Å². The highest BCUT2D eigenvalue weighted by Crippen LogP contribution is 2.33. The Morgan fingerprint density at radius 3 is 2.87 bits per heavy atom. The third-order valence-corrected chi connectivity index (χ3v) is 3.85. The first-order valence-corrected chi connectivity index (χ1v) is 7.45. The van der Waals surface area contributed by atoms with Gasteiger partial charge in [-0.25, -0.2) is 0 Å². The predicted octanol–water partition coefficient (Wildman–Crippen LogP) is 1.51. The van der Waals surface area contributed by atoms with Crippen molar-refractivity contribution in [1.82, 2.24) is 10.3 Å². The number of carbonyl (C=O) groups excluding carboxylic acids is 2. The minimum atomic E-state index is -0.149. The Bertz CT molecular complexity index is 797. The van der Waals surface area contributed by atoms with Crippen LogP contribution in [-0.2, 0) is 16.1 Å². The molecule has 1 aliphatic rings. The SMILES string of the molecule is O=C(CC1CC(=O)Nc2ccccc21)NCc1cc(=O)cc[nH]1. The van der Waals surface area contributed by atoms with Crippen molar-refractivity contribution >= 4 is 17.5 Å². The lowest BCUT2D eigenvalue weighted by atomic mass is 9.88. The van der Waals surface area contributed by atoms with E-state index in [1.807, 2.05) is 24.3 Å². The molecule has 1 atom stereocenters. The van der Waals surface area contributed by atoms with Crippen molar-refractivity contribution in [2.45, 2.75) is 25.3 Å². The third kappa shape index (κ3) is 3.66. The molecule has 23 heavy (non-hydrogen) atoms. The Hall–Kier alpha value is -2.89. The van der Waals surface area contributed by atoms with E-state index in [0.717, 1.165) is 11.3 Å². The average Bonchev–Trinajstić information content (AvgIpc) is 2.53. The van der Waals surface area contributed by atoms with Crippen LogP contribution in [0.25, 0.3) is 0 Å². The number of H-pyrrole nitrogens is 1. The summed E-state index contributed by atoms with van der Waals surface area (Å²) < 4.78 is 0. The number of anilines is 1. The van der Waals surface area contributed by atoms with Gasteiger partial charge in [-0.2, -0.15) is 0 Å². The minimum absolute atomic E-state index is 0.0751. The standard InChI is InChI=1S/C17H17N3O3/c21-13-5-6-18-12(9-13)10-19-16(22)7-11-8-17(23)20-15-4-2-1-3-14(11)15/h1-6,9,11H,7-8,10H2,(H,18,21)(H,19,22)(H,20,23). The highest BCUT2D eigenvalue weighted by molar-refractivity contribution is 5.95. The molecule has 0 aliphatic carbocycles. The van der Waals surface area contributed by atoms with Gasteiger partial charge in [0.05, 0.1) is 6.54 Å². The van der Waals surface area contributed by atoms with Gasteiger partial charge in [-0.1, -0.05) is 18.2 Å². The van der Waals surface area contributed by atoms with E-state index < -0.39 is 0 Å². The molecule has 0 saturated carbocycles. The molecule has 0 radical (unpaired) electrons. The number of hydrogen-bond donors (Lipinski definition) is 3. The lowest BCUT2D eigenvalue weighted by Crippen LogP contribution is -2.29. The van der Waals surface area contributed by atoms with Gasteiger partial charge < -0.3 is 15.6 Å². The largest absolute Gasteiger partial charge is 0.363 e. The van der Waals surface area contributed by atoms with Gasteiger partial charge in [0, 0.05) is 48.5 Å². The number of nitrogens with one attached hydrogen (secondary N) is 3. The molecule has 118 valence electrons. The fourth-order valence-electron chi connectivity index (χ4n) is 2.77. The van der Waals surface area contributed by atoms with Crippen LogP contribution in [0, 0.1) is 0 Å². The zero-order chi connectivity index (χ0) is 16.2. The summed E-state index contributed by atoms with van der Waals surface area (Å²) in [6, 6.07) is 10.4. The molecule has 1 aromatic carbocycles. The fraction of sp³-hybridized carbons (Fsp3) is 0.235. The van der Waals surface area contributed by atoms with Gasteiger partial charge in [-0.3, -0.25) is 14.4 Å². The summed E-state index contributed by atoms with van der Waals surface area (Å²) in [5, 5.41) is 5.60. The van der Waals surface area contributed by atoms with Crippen LogP contribution in [0.1, 0.15) is 30.0 Å². The van der Waals surface area contributed by atoms with Gasteiger partial charge in [0.2, 0.25) is 11.8 Å². The maximum absolute atomic E-state index is 12.2. The minimum Gasteiger partial charge on any atom is -0.363 e. The number of aromatic nitrogens is 1. The lowest BCUT2D eigenvalue weighted by molar-refractivity contribution is -0.122. The fourth-order valence-corrected chi connectivity index (χ4v) is 2.77. The molecule has 1 aromatic heterocycles. The van der Waals surface area contributed by atoms with Crippen LogP contribution >= 0.6 is 0 Å². The number of amides is 2. The van der Waals surface area contributed by atoms with Crippen molar-refractivity contribution in [3.63, 3.8) is 0 Å². The van der Waals surface area contributed by atoms with Crippen molar-refractivity contribution in [2.24, 2.45) is 0 Å². The Morgan fingerprint density at radius 2 is 2.04 bits per heavy atom. The number of carbonyl (C=O) groups is 2. The van der Waals surface area contributed by atoms with Crippen molar-refractivity contribution in [3.05, 3.63) is 64.1 Å². The molecule has 3 rings (SSSR count). The number of aromatic amines is 1. The highest BCUT2D eigenvalue weighted by Gasteiger charge is 2.26. The molecule has 6 heteroatoms. The molecular formula is C17H17N3O3. The first-order valence-electron chi connectivity index (χ1n) is 7.45. The van der Waals surface area contributed by atoms with Gasteiger partial charge in [0.25, 0.3) is 0 Å². The van der Waals surface area contributed by atoms with E-state index in [1.165, 1.54) is 12.1 Å². The van der Waals surface area contributed by atoms with Gasteiger partial charge >= 0.3 is 0 Å². The molecule has 2 amide bonds. The van der Waals surface area contributed by atoms with Crippen LogP contribution in [0.15, 0.2) is 47.4 Å². The van der Waals surface area contributed by atoms with Crippen LogP contribution in [-0.4, -0.2) is 16.8 Å². The smallest absolute Gasteiger partial charge is 0.225 e. The molecule has 2 aromatic rings. The normalized spacial score (nSPS) is 16.3. The van der Waals surface area contributed by atoms with Crippen molar-refractivity contribution in [1.29, 1.82) is 0 Å². The second-order valence-electron chi connectivity index (χ2n) is 5.57. The molecule has 3 N–H and O–H groups in total. The van der Waals surface area contributed by atoms with Crippen molar-refractivity contribution < 1.29 is 9.59 Å². The van der Waals surface area contributed by atoms with Gasteiger partial charge in [-0.15, -0.1) is 0 Å². The molecule has 1 aliphatic heterocycles. The van der Waals surface area contributed by atoms with Crippen LogP contribution < -0.4 is 16.1 Å². The molecule has 0 bridgehead atoms. The summed E-state index contributed by atoms with van der Waals surface area (Å²) >= 11 is 0. The van der Waals surface area contributed by atoms with Gasteiger partial charge in [0.15, 0.2) is 5.43 Å². The number of rotatable bonds is 4. The molecular weight excluding hydrogens is 294 g/mol. The summed E-state index contributed by atoms with van der Waals surface area (Å²) in [5.41, 5.74) is 2.29. The number of fused-ring (bicyclic) bond motifs is 1. The summed E-state index contributed by atoms with van der Waals surface area (Å²) in [4.78, 5) is 38.1. The molecule has 0 spiro atoms. The van der Waals surface area contributed by atoms with Crippen molar-refractivity contribution in [2.75, 3.05) is 5.32 Å². The number of para-hydroxylation sites is 1. The second kappa shape index (κ2) is 6.48. The van der Waals surface area contributed by atoms with E-state index in [4.69, 9.17) is 0 Å². The maximum atomic E-state index is 12.2. The summed E-state index contributed by atoms with van der Waals surface area (Å²) in [7, 11) is 0. The first kappa shape index (κ1) is 15.0. The van der Waals surface area contributed by atoms with Crippen LogP contribution in [0.2, 0.25) is 0 Å². The summed E-state index contributed by atoms with van der Waals surface area (Å²) in [5.74, 6) is -0.354. The summed E-state index contributed by atoms with van der Waals surface area (Å²) in [6.07, 6.45) is 2.08. The third-order valence-electron chi connectivity index (χ3n) is 3.85. The highest BCUT2D eigenvalue weighted by atomic mass is 16.2. The zero-order valence-electron chi connectivity index (χ0n) is 12.5. The van der Waals surface area contributed by atoms with E-state index in [9.17, 15) is 14.4 Å². The average molecular weight is 311 g/mol. The van der Waals surface area contributed by atoms with E-state index in [1.54, 1.807) is 6.20 Å². The zero-order valence-corrected chi connectivity index (χ0v) is 12.5. The van der Waals surface area contributed by atoms with Crippen LogP contribution in [0.5, 0.6) is 0 Å². The van der Waals surface area contributed by atoms with Crippen molar-refractivity contribution in [3.8, 4) is 0 Å². The molecule has 1 unspecified atom stereocenters. The number of hydrogen-bond acceptors (Lipinski definition) is 3. The summed E-state index contributed by atoms with van der Waals surface area (Å²) in [6.45, 7) is 0.259. The lowest BCUT2D eigenvalue weighted by Gasteiger charge is -2.25. The predicted molar refractivity (Wildman–Crippen MR) is 86.0 cm³/mol. The van der Waals surface area contributed by atoms with Crippen LogP contribution in [0.3, 0.4) is 0 Å². The van der Waals surface area contributed by atoms with Gasteiger partial charge in [0.1, 0.15) is 0 Å². The molecule has 2 heterocycles. The Balaban J connectivity index is 1.64. The van der Waals surface area contributed by atoms with E-state index in [2.05, 4.69) is 15.6 Å². The van der Waals surface area contributed by atoms with E-state index in [0.29, 0.717) is 12.1 Å². The number of pyridine rings is 1. The first-order chi connectivity index (χ1) is 11.1. The Kier molecular flexibility index (Phi) is 4.23. The maximum Gasteiger partial charge on any atom is 0.225 e. The van der Waals surface area contributed by atoms with E-state index in [-0.39, 0.29) is 36.1 Å². The quantitative estimate of drug-likeness (QED) is 0.799. The molecule has 6 nitrogen and oxygen atoms in total.